The molecule has 1 amide bonds. The number of amides is 1. The van der Waals surface area contributed by atoms with Crippen molar-refractivity contribution in [1.29, 1.82) is 0 Å². The van der Waals surface area contributed by atoms with E-state index in [2.05, 4.69) is 0 Å². The molecule has 0 bridgehead atoms. The number of rotatable bonds is 6. The molecule has 5 nitrogen and oxygen atoms in total. The molecule has 0 saturated heterocycles. The monoisotopic (exact) mass is 473 g/mol. The number of sulfone groups is 1. The van der Waals surface area contributed by atoms with Crippen molar-refractivity contribution in [1.82, 2.24) is 4.90 Å². The number of ether oxygens (including phenoxy) is 1. The lowest BCUT2D eigenvalue weighted by Gasteiger charge is -2.22. The SMILES string of the molecule is CCSc1ccc2c(c1)CN(C(=O)c1cc(S(C)(=O)=O)ccc1O[C@@H](C)C(F)(F)F)C2. The summed E-state index contributed by atoms with van der Waals surface area (Å²) < 4.78 is 67.9. The predicted molar refractivity (Wildman–Crippen MR) is 112 cm³/mol. The Balaban J connectivity index is 1.94. The van der Waals surface area contributed by atoms with Crippen LogP contribution in [0.1, 0.15) is 35.3 Å². The van der Waals surface area contributed by atoms with Crippen LogP contribution in [0.15, 0.2) is 46.2 Å². The number of hydrogen-bond acceptors (Lipinski definition) is 5. The minimum absolute atomic E-state index is 0.166. The lowest BCUT2D eigenvalue weighted by Crippen LogP contribution is -2.32. The first kappa shape index (κ1) is 23.5. The molecule has 0 fully saturated rings. The highest BCUT2D eigenvalue weighted by molar-refractivity contribution is 7.99. The Labute approximate surface area is 183 Å². The fourth-order valence-corrected chi connectivity index (χ4v) is 4.58. The number of nitrogens with zero attached hydrogens (tertiary/aromatic N) is 1. The molecule has 1 heterocycles. The van der Waals surface area contributed by atoms with Crippen LogP contribution in [-0.2, 0) is 22.9 Å². The molecule has 10 heteroatoms. The van der Waals surface area contributed by atoms with Crippen LogP contribution in [0.25, 0.3) is 0 Å². The average molecular weight is 474 g/mol. The van der Waals surface area contributed by atoms with Crippen LogP contribution in [0.3, 0.4) is 0 Å². The Bertz CT molecular complexity index is 1100. The van der Waals surface area contributed by atoms with Gasteiger partial charge in [-0.25, -0.2) is 8.42 Å². The molecule has 2 aromatic rings. The summed E-state index contributed by atoms with van der Waals surface area (Å²) in [6.07, 6.45) is -5.83. The van der Waals surface area contributed by atoms with Gasteiger partial charge in [0.25, 0.3) is 5.91 Å². The van der Waals surface area contributed by atoms with Gasteiger partial charge in [-0.05, 0) is 54.1 Å². The lowest BCUT2D eigenvalue weighted by molar-refractivity contribution is -0.189. The van der Waals surface area contributed by atoms with Gasteiger partial charge >= 0.3 is 6.18 Å². The van der Waals surface area contributed by atoms with E-state index in [4.69, 9.17) is 4.74 Å². The third kappa shape index (κ3) is 5.35. The minimum Gasteiger partial charge on any atom is -0.480 e. The highest BCUT2D eigenvalue weighted by Gasteiger charge is 2.39. The third-order valence-electron chi connectivity index (χ3n) is 4.87. The van der Waals surface area contributed by atoms with E-state index in [1.54, 1.807) is 11.8 Å². The van der Waals surface area contributed by atoms with Gasteiger partial charge in [0.05, 0.1) is 10.5 Å². The average Bonchev–Trinajstić information content (AvgIpc) is 3.09. The number of hydrogen-bond donors (Lipinski definition) is 0. The Morgan fingerprint density at radius 1 is 1.16 bits per heavy atom. The molecule has 0 aromatic heterocycles. The van der Waals surface area contributed by atoms with E-state index in [-0.39, 0.29) is 29.3 Å². The zero-order valence-corrected chi connectivity index (χ0v) is 18.8. The quantitative estimate of drug-likeness (QED) is 0.570. The van der Waals surface area contributed by atoms with Crippen molar-refractivity contribution in [3.63, 3.8) is 0 Å². The van der Waals surface area contributed by atoms with Crippen molar-refractivity contribution < 1.29 is 31.1 Å². The number of carbonyl (C=O) groups excluding carboxylic acids is 1. The third-order valence-corrected chi connectivity index (χ3v) is 6.86. The maximum absolute atomic E-state index is 13.2. The van der Waals surface area contributed by atoms with E-state index in [1.165, 1.54) is 4.90 Å². The summed E-state index contributed by atoms with van der Waals surface area (Å²) >= 11 is 1.67. The van der Waals surface area contributed by atoms with E-state index < -0.39 is 28.0 Å². The molecule has 0 aliphatic carbocycles. The molecule has 31 heavy (non-hydrogen) atoms. The molecule has 0 unspecified atom stereocenters. The fraction of sp³-hybridized carbons (Fsp3) is 0.381. The highest BCUT2D eigenvalue weighted by Crippen LogP contribution is 2.33. The van der Waals surface area contributed by atoms with Crippen LogP contribution < -0.4 is 4.74 Å². The first-order chi connectivity index (χ1) is 14.4. The molecule has 1 aliphatic heterocycles. The fourth-order valence-electron chi connectivity index (χ4n) is 3.21. The standard InChI is InChI=1S/C21H22F3NO4S2/c1-4-30-16-6-5-14-11-25(12-15(14)9-16)20(26)18-10-17(31(3,27)28)7-8-19(18)29-13(2)21(22,23)24/h5-10,13H,4,11-12H2,1-3H3/t13-/m0/s1. The summed E-state index contributed by atoms with van der Waals surface area (Å²) in [6.45, 7) is 3.43. The van der Waals surface area contributed by atoms with Gasteiger partial charge in [0.15, 0.2) is 15.9 Å². The number of benzene rings is 2. The second kappa shape index (κ2) is 8.74. The van der Waals surface area contributed by atoms with Crippen molar-refractivity contribution in [2.75, 3.05) is 12.0 Å². The zero-order chi connectivity index (χ0) is 23.0. The number of fused-ring (bicyclic) bond motifs is 1. The zero-order valence-electron chi connectivity index (χ0n) is 17.2. The topological polar surface area (TPSA) is 63.7 Å². The Morgan fingerprint density at radius 2 is 1.84 bits per heavy atom. The van der Waals surface area contributed by atoms with Crippen LogP contribution in [0, 0.1) is 0 Å². The van der Waals surface area contributed by atoms with E-state index in [0.29, 0.717) is 0 Å². The Hall–Kier alpha value is -2.20. The van der Waals surface area contributed by atoms with Crippen LogP contribution >= 0.6 is 11.8 Å². The second-order valence-corrected chi connectivity index (χ2v) is 10.6. The molecule has 2 aromatic carbocycles. The summed E-state index contributed by atoms with van der Waals surface area (Å²) in [7, 11) is -3.67. The summed E-state index contributed by atoms with van der Waals surface area (Å²) in [5, 5.41) is 0. The first-order valence-electron chi connectivity index (χ1n) is 9.51. The predicted octanol–water partition coefficient (Wildman–Crippen LogP) is 4.69. The van der Waals surface area contributed by atoms with E-state index in [0.717, 1.165) is 53.2 Å². The van der Waals surface area contributed by atoms with Gasteiger partial charge < -0.3 is 9.64 Å². The van der Waals surface area contributed by atoms with Crippen molar-refractivity contribution >= 4 is 27.5 Å². The molecule has 1 atom stereocenters. The number of alkyl halides is 3. The summed E-state index contributed by atoms with van der Waals surface area (Å²) in [5.41, 5.74) is 1.69. The first-order valence-corrected chi connectivity index (χ1v) is 12.4. The van der Waals surface area contributed by atoms with Crippen molar-refractivity contribution in [3.05, 3.63) is 53.1 Å². The van der Waals surface area contributed by atoms with Gasteiger partial charge in [0.2, 0.25) is 0 Å². The Morgan fingerprint density at radius 3 is 2.45 bits per heavy atom. The molecule has 3 rings (SSSR count). The van der Waals surface area contributed by atoms with Crippen molar-refractivity contribution in [2.24, 2.45) is 0 Å². The molecule has 0 spiro atoms. The van der Waals surface area contributed by atoms with Crippen molar-refractivity contribution in [2.45, 2.75) is 49.0 Å². The van der Waals surface area contributed by atoms with Crippen LogP contribution in [0.5, 0.6) is 5.75 Å². The second-order valence-electron chi connectivity index (χ2n) is 7.26. The van der Waals surface area contributed by atoms with Gasteiger partial charge in [0.1, 0.15) is 5.75 Å². The van der Waals surface area contributed by atoms with E-state index in [1.807, 2.05) is 25.1 Å². The molecule has 1 aliphatic rings. The van der Waals surface area contributed by atoms with E-state index in [9.17, 15) is 26.4 Å². The van der Waals surface area contributed by atoms with Crippen LogP contribution in [0.2, 0.25) is 0 Å². The molecule has 0 radical (unpaired) electrons. The van der Waals surface area contributed by atoms with Crippen molar-refractivity contribution in [3.8, 4) is 5.75 Å². The molecule has 168 valence electrons. The van der Waals surface area contributed by atoms with Gasteiger partial charge in [-0.15, -0.1) is 11.8 Å². The highest BCUT2D eigenvalue weighted by atomic mass is 32.2. The van der Waals surface area contributed by atoms with Gasteiger partial charge in [0, 0.05) is 24.2 Å². The normalized spacial score (nSPS) is 15.0. The molecular weight excluding hydrogens is 451 g/mol. The molecule has 0 N–H and O–H groups in total. The minimum atomic E-state index is -4.63. The van der Waals surface area contributed by atoms with E-state index >= 15 is 0 Å². The summed E-state index contributed by atoms with van der Waals surface area (Å²) in [5.74, 6) is 0.00817. The van der Waals surface area contributed by atoms with Gasteiger partial charge in [-0.1, -0.05) is 13.0 Å². The number of halogens is 3. The summed E-state index contributed by atoms with van der Waals surface area (Å²) in [4.78, 5) is 15.6. The number of thioether (sulfide) groups is 1. The smallest absolute Gasteiger partial charge is 0.425 e. The maximum atomic E-state index is 13.2. The summed E-state index contributed by atoms with van der Waals surface area (Å²) in [6, 6.07) is 9.20. The van der Waals surface area contributed by atoms with Crippen LogP contribution in [0.4, 0.5) is 13.2 Å². The lowest BCUT2D eigenvalue weighted by atomic mass is 10.1. The Kier molecular flexibility index (Phi) is 6.61. The maximum Gasteiger partial charge on any atom is 0.425 e. The number of carbonyl (C=O) groups is 1. The van der Waals surface area contributed by atoms with Gasteiger partial charge in [-0.2, -0.15) is 13.2 Å². The van der Waals surface area contributed by atoms with Crippen LogP contribution in [-0.4, -0.2) is 43.5 Å². The largest absolute Gasteiger partial charge is 0.480 e. The van der Waals surface area contributed by atoms with Gasteiger partial charge in [-0.3, -0.25) is 4.79 Å². The molecular formula is C21H22F3NO4S2. The molecule has 0 saturated carbocycles.